The molecule has 3 nitrogen and oxygen atoms in total. The van der Waals surface area contributed by atoms with Crippen molar-refractivity contribution in [2.24, 2.45) is 17.3 Å². The molecule has 2 saturated carbocycles. The zero-order valence-electron chi connectivity index (χ0n) is 23.0. The molecule has 2 fully saturated rings. The first kappa shape index (κ1) is 26.4. The van der Waals surface area contributed by atoms with Gasteiger partial charge < -0.3 is 10.6 Å². The zero-order valence-corrected chi connectivity index (χ0v) is 23.0. The monoisotopic (exact) mass is 506 g/mol. The molecule has 3 aromatic carbocycles. The number of benzene rings is 3. The van der Waals surface area contributed by atoms with Crippen molar-refractivity contribution >= 4 is 17.5 Å². The summed E-state index contributed by atoms with van der Waals surface area (Å²) in [6.45, 7) is 4.64. The minimum atomic E-state index is 0.0553. The van der Waals surface area contributed by atoms with Crippen molar-refractivity contribution in [1.29, 1.82) is 0 Å². The van der Waals surface area contributed by atoms with Crippen LogP contribution in [0.2, 0.25) is 0 Å². The van der Waals surface area contributed by atoms with Gasteiger partial charge in [-0.05, 0) is 89.9 Å². The van der Waals surface area contributed by atoms with E-state index in [1.807, 2.05) is 42.5 Å². The van der Waals surface area contributed by atoms with Crippen LogP contribution in [0.4, 0.5) is 5.69 Å². The molecule has 2 bridgehead atoms. The van der Waals surface area contributed by atoms with Crippen LogP contribution in [0.1, 0.15) is 62.1 Å². The third-order valence-electron chi connectivity index (χ3n) is 8.68. The maximum atomic E-state index is 12.7. The van der Waals surface area contributed by atoms with Crippen LogP contribution in [0.5, 0.6) is 0 Å². The normalized spacial score (nSPS) is 23.1. The summed E-state index contributed by atoms with van der Waals surface area (Å²) in [7, 11) is 2.28. The number of nitrogens with two attached hydrogens (primary N) is 1. The SMILES string of the molecule is CC1CC2CCCC(CN(C)Cc3ccc(/C=C/C(=O)Cc4ccc(-c5ccccc5)cc4N)cc3)(C1)C2. The van der Waals surface area contributed by atoms with Crippen molar-refractivity contribution in [3.63, 3.8) is 0 Å². The summed E-state index contributed by atoms with van der Waals surface area (Å²) in [5.41, 5.74) is 12.9. The number of carbonyl (C=O) groups excluding carboxylic acids is 1. The van der Waals surface area contributed by atoms with Crippen molar-refractivity contribution in [2.45, 2.75) is 58.4 Å². The van der Waals surface area contributed by atoms with E-state index < -0.39 is 0 Å². The highest BCUT2D eigenvalue weighted by atomic mass is 16.1. The summed E-state index contributed by atoms with van der Waals surface area (Å²) in [5.74, 6) is 1.89. The fraction of sp³-hybridized carbons (Fsp3) is 0.400. The van der Waals surface area contributed by atoms with Gasteiger partial charge in [0, 0.05) is 25.2 Å². The topological polar surface area (TPSA) is 46.3 Å². The second-order valence-corrected chi connectivity index (χ2v) is 12.2. The van der Waals surface area contributed by atoms with Crippen LogP contribution >= 0.6 is 0 Å². The Bertz CT molecular complexity index is 1260. The van der Waals surface area contributed by atoms with Gasteiger partial charge >= 0.3 is 0 Å². The van der Waals surface area contributed by atoms with E-state index in [1.165, 1.54) is 50.6 Å². The number of carbonyl (C=O) groups is 1. The molecule has 0 amide bonds. The number of rotatable bonds is 9. The minimum absolute atomic E-state index is 0.0553. The number of nitrogens with zero attached hydrogens (tertiary/aromatic N) is 1. The smallest absolute Gasteiger partial charge is 0.160 e. The Hall–Kier alpha value is -3.17. The number of allylic oxidation sites excluding steroid dienone is 1. The van der Waals surface area contributed by atoms with Gasteiger partial charge in [-0.25, -0.2) is 0 Å². The van der Waals surface area contributed by atoms with Gasteiger partial charge in [-0.1, -0.05) is 92.6 Å². The first-order valence-electron chi connectivity index (χ1n) is 14.3. The van der Waals surface area contributed by atoms with Crippen molar-refractivity contribution < 1.29 is 4.79 Å². The van der Waals surface area contributed by atoms with Gasteiger partial charge in [-0.3, -0.25) is 4.79 Å². The summed E-state index contributed by atoms with van der Waals surface area (Å²) >= 11 is 0. The first-order valence-corrected chi connectivity index (χ1v) is 14.3. The van der Waals surface area contributed by atoms with Gasteiger partial charge in [0.25, 0.3) is 0 Å². The van der Waals surface area contributed by atoms with E-state index in [4.69, 9.17) is 5.73 Å². The third-order valence-corrected chi connectivity index (χ3v) is 8.68. The Balaban J connectivity index is 1.14. The Morgan fingerprint density at radius 1 is 1.03 bits per heavy atom. The highest BCUT2D eigenvalue weighted by Gasteiger charge is 2.42. The molecule has 2 aliphatic carbocycles. The third kappa shape index (κ3) is 6.63. The predicted octanol–water partition coefficient (Wildman–Crippen LogP) is 7.80. The molecule has 2 aliphatic rings. The van der Waals surface area contributed by atoms with Crippen molar-refractivity contribution in [1.82, 2.24) is 4.90 Å². The molecule has 0 aromatic heterocycles. The summed E-state index contributed by atoms with van der Waals surface area (Å²) in [6, 6.07) is 24.8. The van der Waals surface area contributed by atoms with Crippen molar-refractivity contribution in [3.8, 4) is 11.1 Å². The summed E-state index contributed by atoms with van der Waals surface area (Å²) < 4.78 is 0. The van der Waals surface area contributed by atoms with E-state index in [-0.39, 0.29) is 5.78 Å². The predicted molar refractivity (Wildman–Crippen MR) is 160 cm³/mol. The van der Waals surface area contributed by atoms with Crippen LogP contribution in [0, 0.1) is 17.3 Å². The second-order valence-electron chi connectivity index (χ2n) is 12.2. The molecule has 0 saturated heterocycles. The first-order chi connectivity index (χ1) is 18.4. The Labute approximate surface area is 228 Å². The molecule has 3 atom stereocenters. The van der Waals surface area contributed by atoms with E-state index in [0.717, 1.165) is 40.6 Å². The molecule has 0 spiro atoms. The van der Waals surface area contributed by atoms with E-state index >= 15 is 0 Å². The van der Waals surface area contributed by atoms with Crippen LogP contribution in [0.25, 0.3) is 17.2 Å². The Morgan fingerprint density at radius 2 is 1.82 bits per heavy atom. The molecular weight excluding hydrogens is 464 g/mol. The molecule has 3 heteroatoms. The number of fused-ring (bicyclic) bond motifs is 2. The van der Waals surface area contributed by atoms with Crippen LogP contribution in [0.15, 0.2) is 78.9 Å². The lowest BCUT2D eigenvalue weighted by Gasteiger charge is -2.49. The molecule has 3 unspecified atom stereocenters. The Morgan fingerprint density at radius 3 is 2.58 bits per heavy atom. The minimum Gasteiger partial charge on any atom is -0.398 e. The number of hydrogen-bond acceptors (Lipinski definition) is 3. The fourth-order valence-electron chi connectivity index (χ4n) is 7.24. The van der Waals surface area contributed by atoms with Crippen LogP contribution < -0.4 is 5.73 Å². The van der Waals surface area contributed by atoms with Crippen molar-refractivity contribution in [2.75, 3.05) is 19.3 Å². The molecule has 0 radical (unpaired) electrons. The lowest BCUT2D eigenvalue weighted by molar-refractivity contribution is -0.113. The van der Waals surface area contributed by atoms with Crippen LogP contribution in [0.3, 0.4) is 0 Å². The van der Waals surface area contributed by atoms with E-state index in [2.05, 4.69) is 55.3 Å². The molecular formula is C35H42N2O. The second kappa shape index (κ2) is 11.7. The van der Waals surface area contributed by atoms with Crippen LogP contribution in [-0.2, 0) is 17.8 Å². The molecule has 0 aliphatic heterocycles. The highest BCUT2D eigenvalue weighted by Crippen LogP contribution is 2.51. The number of hydrogen-bond donors (Lipinski definition) is 1. The van der Waals surface area contributed by atoms with E-state index in [0.29, 0.717) is 17.5 Å². The van der Waals surface area contributed by atoms with E-state index in [1.54, 1.807) is 6.08 Å². The summed E-state index contributed by atoms with van der Waals surface area (Å²) in [5, 5.41) is 0. The van der Waals surface area contributed by atoms with Gasteiger partial charge in [0.15, 0.2) is 5.78 Å². The van der Waals surface area contributed by atoms with Gasteiger partial charge in [-0.15, -0.1) is 0 Å². The number of ketones is 1. The summed E-state index contributed by atoms with van der Waals surface area (Å²) in [4.78, 5) is 15.2. The Kier molecular flexibility index (Phi) is 8.14. The average Bonchev–Trinajstić information content (AvgIpc) is 2.89. The van der Waals surface area contributed by atoms with Crippen LogP contribution in [-0.4, -0.2) is 24.3 Å². The van der Waals surface area contributed by atoms with Gasteiger partial charge in [-0.2, -0.15) is 0 Å². The lowest BCUT2D eigenvalue weighted by Crippen LogP contribution is -2.43. The molecule has 0 heterocycles. The average molecular weight is 507 g/mol. The fourth-order valence-corrected chi connectivity index (χ4v) is 7.24. The highest BCUT2D eigenvalue weighted by molar-refractivity contribution is 5.95. The zero-order chi connectivity index (χ0) is 26.5. The molecule has 38 heavy (non-hydrogen) atoms. The number of nitrogen functional groups attached to an aromatic ring is 1. The van der Waals surface area contributed by atoms with Crippen molar-refractivity contribution in [3.05, 3.63) is 95.6 Å². The maximum Gasteiger partial charge on any atom is 0.160 e. The standard InChI is InChI=1S/C35H42N2O/c1-26-19-29-7-6-18-35(22-26,23-29)25-37(2)24-28-12-10-27(11-13-28)14-17-33(38)20-32-16-15-31(21-34(32)36)30-8-4-3-5-9-30/h3-5,8-17,21,26,29H,6-7,18-20,22-25,36H2,1-2H3/b17-14+. The van der Waals surface area contributed by atoms with Gasteiger partial charge in [0.05, 0.1) is 0 Å². The van der Waals surface area contributed by atoms with Gasteiger partial charge in [0.2, 0.25) is 0 Å². The lowest BCUT2D eigenvalue weighted by atomic mass is 9.59. The molecule has 3 aromatic rings. The maximum absolute atomic E-state index is 12.7. The molecule has 5 rings (SSSR count). The van der Waals surface area contributed by atoms with Gasteiger partial charge in [0.1, 0.15) is 0 Å². The molecule has 198 valence electrons. The quantitative estimate of drug-likeness (QED) is 0.238. The largest absolute Gasteiger partial charge is 0.398 e. The number of anilines is 1. The van der Waals surface area contributed by atoms with E-state index in [9.17, 15) is 4.79 Å². The summed E-state index contributed by atoms with van der Waals surface area (Å²) in [6.07, 6.45) is 12.4. The molecule has 2 N–H and O–H groups in total.